The summed E-state index contributed by atoms with van der Waals surface area (Å²) < 4.78 is 16.0. The lowest BCUT2D eigenvalue weighted by molar-refractivity contribution is -0.136. The molecule has 0 unspecified atom stereocenters. The van der Waals surface area contributed by atoms with Crippen LogP contribution in [0.1, 0.15) is 41.3 Å². The molecule has 3 aromatic rings. The van der Waals surface area contributed by atoms with Crippen molar-refractivity contribution in [2.45, 2.75) is 26.7 Å². The van der Waals surface area contributed by atoms with E-state index in [4.69, 9.17) is 19.6 Å². The summed E-state index contributed by atoms with van der Waals surface area (Å²) in [6.07, 6.45) is 0. The van der Waals surface area contributed by atoms with Crippen molar-refractivity contribution in [3.8, 4) is 11.5 Å². The molecule has 1 aromatic heterocycles. The Morgan fingerprint density at radius 3 is 2.55 bits per heavy atom. The van der Waals surface area contributed by atoms with Crippen molar-refractivity contribution in [1.82, 2.24) is 0 Å². The van der Waals surface area contributed by atoms with E-state index < -0.39 is 17.5 Å². The Kier molecular flexibility index (Phi) is 5.68. The highest BCUT2D eigenvalue weighted by molar-refractivity contribution is 5.95. The SMILES string of the molecule is Cc1ccc(C(C)C)c(OCC(=O)Oc2ccc3cc(C(N)=O)c(=O)oc3c2)c1. The average Bonchev–Trinajstić information content (AvgIpc) is 2.65. The Hall–Kier alpha value is -3.61. The molecule has 0 atom stereocenters. The summed E-state index contributed by atoms with van der Waals surface area (Å²) in [7, 11) is 0. The third-order valence-corrected chi connectivity index (χ3v) is 4.34. The van der Waals surface area contributed by atoms with Crippen LogP contribution in [-0.4, -0.2) is 18.5 Å². The summed E-state index contributed by atoms with van der Waals surface area (Å²) in [6, 6.07) is 11.7. The van der Waals surface area contributed by atoms with E-state index in [1.54, 1.807) is 6.07 Å². The second-order valence-electron chi connectivity index (χ2n) is 6.97. The van der Waals surface area contributed by atoms with Crippen LogP contribution in [0.4, 0.5) is 0 Å². The van der Waals surface area contributed by atoms with Gasteiger partial charge in [0.2, 0.25) is 0 Å². The standard InChI is InChI=1S/C22H21NO6/c1-12(2)16-7-4-13(3)8-19(16)27-11-20(24)28-15-6-5-14-9-17(21(23)25)22(26)29-18(14)10-15/h4-10,12H,11H2,1-3H3,(H2,23,25). The largest absolute Gasteiger partial charge is 0.482 e. The zero-order valence-electron chi connectivity index (χ0n) is 16.4. The van der Waals surface area contributed by atoms with E-state index in [-0.39, 0.29) is 29.4 Å². The van der Waals surface area contributed by atoms with E-state index in [0.29, 0.717) is 11.1 Å². The highest BCUT2D eigenvalue weighted by Gasteiger charge is 2.14. The fourth-order valence-electron chi connectivity index (χ4n) is 2.87. The van der Waals surface area contributed by atoms with Gasteiger partial charge in [0.25, 0.3) is 5.91 Å². The molecule has 1 heterocycles. The first-order valence-electron chi connectivity index (χ1n) is 9.06. The summed E-state index contributed by atoms with van der Waals surface area (Å²) in [6.45, 7) is 5.76. The van der Waals surface area contributed by atoms with Crippen molar-refractivity contribution >= 4 is 22.8 Å². The number of rotatable bonds is 6. The molecule has 1 amide bonds. The molecule has 0 aliphatic rings. The van der Waals surface area contributed by atoms with Gasteiger partial charge in [-0.3, -0.25) is 4.79 Å². The van der Waals surface area contributed by atoms with Gasteiger partial charge in [-0.15, -0.1) is 0 Å². The van der Waals surface area contributed by atoms with E-state index in [0.717, 1.165) is 11.1 Å². The second-order valence-corrected chi connectivity index (χ2v) is 6.97. The van der Waals surface area contributed by atoms with E-state index >= 15 is 0 Å². The smallest absolute Gasteiger partial charge is 0.349 e. The van der Waals surface area contributed by atoms with Gasteiger partial charge in [0.05, 0.1) is 0 Å². The van der Waals surface area contributed by atoms with Crippen LogP contribution in [0.3, 0.4) is 0 Å². The van der Waals surface area contributed by atoms with Crippen LogP contribution in [0.15, 0.2) is 51.7 Å². The van der Waals surface area contributed by atoms with Gasteiger partial charge in [-0.1, -0.05) is 26.0 Å². The molecule has 0 bridgehead atoms. The van der Waals surface area contributed by atoms with E-state index in [2.05, 4.69) is 0 Å². The number of aryl methyl sites for hydroxylation is 1. The van der Waals surface area contributed by atoms with Gasteiger partial charge in [0.1, 0.15) is 22.6 Å². The van der Waals surface area contributed by atoms with Crippen molar-refractivity contribution in [2.75, 3.05) is 6.61 Å². The monoisotopic (exact) mass is 395 g/mol. The lowest BCUT2D eigenvalue weighted by atomic mass is 10.0. The first kappa shape index (κ1) is 20.1. The fourth-order valence-corrected chi connectivity index (χ4v) is 2.87. The highest BCUT2D eigenvalue weighted by Crippen LogP contribution is 2.27. The number of esters is 1. The van der Waals surface area contributed by atoms with E-state index in [9.17, 15) is 14.4 Å². The number of benzene rings is 2. The minimum absolute atomic E-state index is 0.173. The molecule has 2 aromatic carbocycles. The Balaban J connectivity index is 1.73. The van der Waals surface area contributed by atoms with Gasteiger partial charge in [-0.25, -0.2) is 9.59 Å². The fraction of sp³-hybridized carbons (Fsp3) is 0.227. The number of amides is 1. The van der Waals surface area contributed by atoms with Gasteiger partial charge in [-0.2, -0.15) is 0 Å². The van der Waals surface area contributed by atoms with Crippen LogP contribution in [0.25, 0.3) is 11.0 Å². The Morgan fingerprint density at radius 2 is 1.86 bits per heavy atom. The maximum atomic E-state index is 12.2. The molecule has 150 valence electrons. The van der Waals surface area contributed by atoms with E-state index in [1.807, 2.05) is 39.0 Å². The number of nitrogens with two attached hydrogens (primary N) is 1. The first-order valence-corrected chi connectivity index (χ1v) is 9.06. The number of primary amides is 1. The molecule has 2 N–H and O–H groups in total. The zero-order valence-corrected chi connectivity index (χ0v) is 16.4. The van der Waals surface area contributed by atoms with Crippen molar-refractivity contribution in [3.63, 3.8) is 0 Å². The molecule has 7 heteroatoms. The Morgan fingerprint density at radius 1 is 1.10 bits per heavy atom. The van der Waals surface area contributed by atoms with Crippen LogP contribution in [0.5, 0.6) is 11.5 Å². The van der Waals surface area contributed by atoms with Crippen molar-refractivity contribution in [2.24, 2.45) is 5.73 Å². The molecular weight excluding hydrogens is 374 g/mol. The van der Waals surface area contributed by atoms with Gasteiger partial charge in [-0.05, 0) is 48.2 Å². The molecule has 0 saturated heterocycles. The van der Waals surface area contributed by atoms with Crippen LogP contribution in [-0.2, 0) is 4.79 Å². The molecule has 0 radical (unpaired) electrons. The van der Waals surface area contributed by atoms with Gasteiger partial charge in [0, 0.05) is 11.5 Å². The summed E-state index contributed by atoms with van der Waals surface area (Å²) in [5, 5.41) is 0.482. The average molecular weight is 395 g/mol. The normalized spacial score (nSPS) is 10.9. The molecule has 3 rings (SSSR count). The summed E-state index contributed by atoms with van der Waals surface area (Å²) >= 11 is 0. The van der Waals surface area contributed by atoms with Crippen molar-refractivity contribution < 1.29 is 23.5 Å². The molecule has 0 aliphatic carbocycles. The summed E-state index contributed by atoms with van der Waals surface area (Å²) in [5.74, 6) is -0.396. The van der Waals surface area contributed by atoms with Gasteiger partial charge < -0.3 is 19.6 Å². The highest BCUT2D eigenvalue weighted by atomic mass is 16.6. The number of hydrogen-bond donors (Lipinski definition) is 1. The predicted octanol–water partition coefficient (Wildman–Crippen LogP) is 3.31. The number of carbonyl (C=O) groups is 2. The maximum Gasteiger partial charge on any atom is 0.349 e. The minimum Gasteiger partial charge on any atom is -0.482 e. The maximum absolute atomic E-state index is 12.2. The molecule has 0 fully saturated rings. The zero-order chi connectivity index (χ0) is 21.1. The molecule has 7 nitrogen and oxygen atoms in total. The first-order chi connectivity index (χ1) is 13.7. The lowest BCUT2D eigenvalue weighted by Crippen LogP contribution is -2.20. The third kappa shape index (κ3) is 4.63. The number of carbonyl (C=O) groups excluding carboxylic acids is 2. The minimum atomic E-state index is -0.870. The quantitative estimate of drug-likeness (QED) is 0.390. The molecular formula is C22H21NO6. The molecule has 0 saturated carbocycles. The van der Waals surface area contributed by atoms with Gasteiger partial charge >= 0.3 is 11.6 Å². The van der Waals surface area contributed by atoms with Gasteiger partial charge in [0.15, 0.2) is 6.61 Å². The number of ether oxygens (including phenoxy) is 2. The third-order valence-electron chi connectivity index (χ3n) is 4.34. The summed E-state index contributed by atoms with van der Waals surface area (Å²) in [4.78, 5) is 35.2. The number of fused-ring (bicyclic) bond motifs is 1. The van der Waals surface area contributed by atoms with Crippen LogP contribution >= 0.6 is 0 Å². The predicted molar refractivity (Wildman–Crippen MR) is 107 cm³/mol. The molecule has 29 heavy (non-hydrogen) atoms. The van der Waals surface area contributed by atoms with Crippen LogP contribution in [0.2, 0.25) is 0 Å². The van der Waals surface area contributed by atoms with E-state index in [1.165, 1.54) is 18.2 Å². The Bertz CT molecular complexity index is 1150. The topological polar surface area (TPSA) is 109 Å². The van der Waals surface area contributed by atoms with Crippen molar-refractivity contribution in [1.29, 1.82) is 0 Å². The van der Waals surface area contributed by atoms with Crippen LogP contribution in [0, 0.1) is 6.92 Å². The number of hydrogen-bond acceptors (Lipinski definition) is 6. The summed E-state index contributed by atoms with van der Waals surface area (Å²) in [5.41, 5.74) is 6.25. The molecule has 0 spiro atoms. The second kappa shape index (κ2) is 8.18. The lowest BCUT2D eigenvalue weighted by Gasteiger charge is -2.14. The Labute approximate surface area is 167 Å². The van der Waals surface area contributed by atoms with Crippen molar-refractivity contribution in [3.05, 3.63) is 69.6 Å². The molecule has 0 aliphatic heterocycles. The van der Waals surface area contributed by atoms with Crippen LogP contribution < -0.4 is 20.8 Å².